The predicted molar refractivity (Wildman–Crippen MR) is 67.3 cm³/mol. The van der Waals surface area contributed by atoms with Gasteiger partial charge >= 0.3 is 5.97 Å². The van der Waals surface area contributed by atoms with Crippen LogP contribution in [0.2, 0.25) is 0 Å². The van der Waals surface area contributed by atoms with Crippen LogP contribution in [0.5, 0.6) is 0 Å². The van der Waals surface area contributed by atoms with Gasteiger partial charge in [-0.3, -0.25) is 9.59 Å². The van der Waals surface area contributed by atoms with E-state index >= 15 is 0 Å². The lowest BCUT2D eigenvalue weighted by Crippen LogP contribution is -2.53. The minimum absolute atomic E-state index is 0.00277. The normalized spacial score (nSPS) is 16.9. The summed E-state index contributed by atoms with van der Waals surface area (Å²) in [5, 5.41) is 8.88. The average molecular weight is 265 g/mol. The summed E-state index contributed by atoms with van der Waals surface area (Å²) in [6.07, 6.45) is 0. The summed E-state index contributed by atoms with van der Waals surface area (Å²) in [5.41, 5.74) is 0.877. The van der Waals surface area contributed by atoms with E-state index in [0.29, 0.717) is 24.2 Å². The molecule has 1 aromatic rings. The highest BCUT2D eigenvalue weighted by atomic mass is 19.1. The number of carboxylic acids is 1. The van der Waals surface area contributed by atoms with Crippen molar-refractivity contribution in [1.82, 2.24) is 4.90 Å². The molecule has 1 aliphatic rings. The molecule has 0 spiro atoms. The first-order valence-corrected chi connectivity index (χ1v) is 6.18. The molecule has 1 aliphatic heterocycles. The monoisotopic (exact) mass is 265 g/mol. The molecule has 102 valence electrons. The van der Waals surface area contributed by atoms with E-state index in [9.17, 15) is 14.0 Å². The molecule has 1 amide bonds. The molecule has 1 unspecified atom stereocenters. The predicted octanol–water partition coefficient (Wildman–Crippen LogP) is 1.93. The molecule has 0 aromatic heterocycles. The maximum absolute atomic E-state index is 13.1. The number of hydrogen-bond donors (Lipinski definition) is 1. The summed E-state index contributed by atoms with van der Waals surface area (Å²) in [5.74, 6) is -1.79. The third kappa shape index (κ3) is 2.59. The van der Waals surface area contributed by atoms with Crippen LogP contribution in [0.3, 0.4) is 0 Å². The topological polar surface area (TPSA) is 57.6 Å². The molecule has 0 bridgehead atoms. The van der Waals surface area contributed by atoms with Gasteiger partial charge < -0.3 is 10.0 Å². The lowest BCUT2D eigenvalue weighted by molar-refractivity contribution is -0.144. The molecule has 1 fully saturated rings. The Labute approximate surface area is 110 Å². The minimum Gasteiger partial charge on any atom is -0.481 e. The molecule has 0 saturated carbocycles. The highest BCUT2D eigenvalue weighted by Crippen LogP contribution is 2.26. The molecule has 4 nitrogen and oxygen atoms in total. The van der Waals surface area contributed by atoms with Gasteiger partial charge in [0.15, 0.2) is 0 Å². The number of carbonyl (C=O) groups excluding carboxylic acids is 1. The number of aliphatic carboxylic acids is 1. The fourth-order valence-electron chi connectivity index (χ4n) is 2.16. The summed E-state index contributed by atoms with van der Waals surface area (Å²) in [4.78, 5) is 24.5. The molecule has 0 radical (unpaired) electrons. The maximum Gasteiger partial charge on any atom is 0.306 e. The number of hydrogen-bond acceptors (Lipinski definition) is 2. The molecule has 1 atom stereocenters. The standard InChI is InChI=1S/C14H16FNO3/c1-8-5-10(3-4-12(8)15)13(17)16-6-11(7-16)9(2)14(18)19/h3-5,9,11H,6-7H2,1-2H3,(H,18,19). The molecule has 2 rings (SSSR count). The highest BCUT2D eigenvalue weighted by Gasteiger charge is 2.37. The van der Waals surface area contributed by atoms with Gasteiger partial charge in [0, 0.05) is 24.6 Å². The van der Waals surface area contributed by atoms with Gasteiger partial charge in [0.25, 0.3) is 5.91 Å². The van der Waals surface area contributed by atoms with Crippen LogP contribution < -0.4 is 0 Å². The molecule has 1 heterocycles. The molecule has 1 aromatic carbocycles. The van der Waals surface area contributed by atoms with Crippen molar-refractivity contribution in [3.8, 4) is 0 Å². The zero-order valence-corrected chi connectivity index (χ0v) is 10.9. The van der Waals surface area contributed by atoms with Gasteiger partial charge in [0.05, 0.1) is 5.92 Å². The van der Waals surface area contributed by atoms with Crippen molar-refractivity contribution in [2.45, 2.75) is 13.8 Å². The SMILES string of the molecule is Cc1cc(C(=O)N2CC(C(C)C(=O)O)C2)ccc1F. The second kappa shape index (κ2) is 4.99. The third-order valence-corrected chi connectivity index (χ3v) is 3.70. The van der Waals surface area contributed by atoms with E-state index in [1.165, 1.54) is 18.2 Å². The highest BCUT2D eigenvalue weighted by molar-refractivity contribution is 5.95. The van der Waals surface area contributed by atoms with Gasteiger partial charge in [0.2, 0.25) is 0 Å². The van der Waals surface area contributed by atoms with Gasteiger partial charge in [-0.05, 0) is 30.7 Å². The van der Waals surface area contributed by atoms with E-state index < -0.39 is 11.9 Å². The lowest BCUT2D eigenvalue weighted by atomic mass is 9.86. The number of aryl methyl sites for hydroxylation is 1. The number of amides is 1. The van der Waals surface area contributed by atoms with Gasteiger partial charge in [0.1, 0.15) is 5.82 Å². The first-order valence-electron chi connectivity index (χ1n) is 6.18. The van der Waals surface area contributed by atoms with Crippen molar-refractivity contribution in [3.05, 3.63) is 35.1 Å². The second-order valence-corrected chi connectivity index (χ2v) is 5.06. The minimum atomic E-state index is -0.838. The van der Waals surface area contributed by atoms with Crippen LogP contribution in [-0.4, -0.2) is 35.0 Å². The van der Waals surface area contributed by atoms with Crippen molar-refractivity contribution in [2.75, 3.05) is 13.1 Å². The number of halogens is 1. The van der Waals surface area contributed by atoms with E-state index in [4.69, 9.17) is 5.11 Å². The first kappa shape index (κ1) is 13.5. The van der Waals surface area contributed by atoms with Crippen molar-refractivity contribution < 1.29 is 19.1 Å². The Balaban J connectivity index is 2.00. The van der Waals surface area contributed by atoms with Gasteiger partial charge in [-0.1, -0.05) is 6.92 Å². The average Bonchev–Trinajstić information content (AvgIpc) is 2.30. The number of carboxylic acid groups (broad SMARTS) is 1. The lowest BCUT2D eigenvalue weighted by Gasteiger charge is -2.41. The van der Waals surface area contributed by atoms with Crippen LogP contribution in [0, 0.1) is 24.6 Å². The van der Waals surface area contributed by atoms with Crippen LogP contribution in [0.4, 0.5) is 4.39 Å². The zero-order valence-electron chi connectivity index (χ0n) is 10.9. The number of benzene rings is 1. The summed E-state index contributed by atoms with van der Waals surface area (Å²) in [6.45, 7) is 4.15. The zero-order chi connectivity index (χ0) is 14.2. The van der Waals surface area contributed by atoms with Crippen molar-refractivity contribution in [2.24, 2.45) is 11.8 Å². The molecule has 5 heteroatoms. The van der Waals surface area contributed by atoms with E-state index in [-0.39, 0.29) is 17.6 Å². The fraction of sp³-hybridized carbons (Fsp3) is 0.429. The first-order chi connectivity index (χ1) is 8.90. The van der Waals surface area contributed by atoms with Crippen molar-refractivity contribution in [3.63, 3.8) is 0 Å². The molecular weight excluding hydrogens is 249 g/mol. The van der Waals surface area contributed by atoms with E-state index in [1.54, 1.807) is 18.7 Å². The van der Waals surface area contributed by atoms with Gasteiger partial charge in [-0.15, -0.1) is 0 Å². The summed E-state index contributed by atoms with van der Waals surface area (Å²) < 4.78 is 13.1. The Hall–Kier alpha value is -1.91. The largest absolute Gasteiger partial charge is 0.481 e. The molecule has 1 N–H and O–H groups in total. The van der Waals surface area contributed by atoms with Gasteiger partial charge in [-0.25, -0.2) is 4.39 Å². The number of nitrogens with zero attached hydrogens (tertiary/aromatic N) is 1. The molecule has 19 heavy (non-hydrogen) atoms. The molecule has 1 saturated heterocycles. The number of rotatable bonds is 3. The van der Waals surface area contributed by atoms with Crippen LogP contribution in [-0.2, 0) is 4.79 Å². The number of likely N-dealkylation sites (tertiary alicyclic amines) is 1. The van der Waals surface area contributed by atoms with Crippen LogP contribution in [0.1, 0.15) is 22.8 Å². The van der Waals surface area contributed by atoms with Gasteiger partial charge in [-0.2, -0.15) is 0 Å². The Morgan fingerprint density at radius 2 is 2.05 bits per heavy atom. The Kier molecular flexibility index (Phi) is 3.55. The smallest absolute Gasteiger partial charge is 0.306 e. The third-order valence-electron chi connectivity index (χ3n) is 3.70. The van der Waals surface area contributed by atoms with Crippen LogP contribution in [0.25, 0.3) is 0 Å². The van der Waals surface area contributed by atoms with Crippen LogP contribution in [0.15, 0.2) is 18.2 Å². The summed E-state index contributed by atoms with van der Waals surface area (Å²) in [7, 11) is 0. The maximum atomic E-state index is 13.1. The molecule has 0 aliphatic carbocycles. The number of carbonyl (C=O) groups is 2. The Bertz CT molecular complexity index is 523. The summed E-state index contributed by atoms with van der Waals surface area (Å²) >= 11 is 0. The van der Waals surface area contributed by atoms with Crippen molar-refractivity contribution in [1.29, 1.82) is 0 Å². The quantitative estimate of drug-likeness (QED) is 0.908. The summed E-state index contributed by atoms with van der Waals surface area (Å²) in [6, 6.07) is 4.25. The second-order valence-electron chi connectivity index (χ2n) is 5.06. The fourth-order valence-corrected chi connectivity index (χ4v) is 2.16. The van der Waals surface area contributed by atoms with E-state index in [1.807, 2.05) is 0 Å². The van der Waals surface area contributed by atoms with Crippen LogP contribution >= 0.6 is 0 Å². The molecular formula is C14H16FNO3. The van der Waals surface area contributed by atoms with E-state index in [0.717, 1.165) is 0 Å². The Morgan fingerprint density at radius 3 is 2.58 bits per heavy atom. The van der Waals surface area contributed by atoms with Crippen molar-refractivity contribution >= 4 is 11.9 Å². The Morgan fingerprint density at radius 1 is 1.42 bits per heavy atom. The van der Waals surface area contributed by atoms with E-state index in [2.05, 4.69) is 0 Å².